The van der Waals surface area contributed by atoms with Crippen LogP contribution in [0.3, 0.4) is 0 Å². The van der Waals surface area contributed by atoms with Gasteiger partial charge in [-0.3, -0.25) is 0 Å². The maximum atomic E-state index is 5.36. The van der Waals surface area contributed by atoms with E-state index in [0.717, 1.165) is 41.1 Å². The van der Waals surface area contributed by atoms with Gasteiger partial charge in [0.25, 0.3) is 0 Å². The van der Waals surface area contributed by atoms with E-state index >= 15 is 0 Å². The molecule has 21 heavy (non-hydrogen) atoms. The number of methoxy groups -OCH3 is 1. The highest BCUT2D eigenvalue weighted by Gasteiger charge is 2.21. The number of aromatic nitrogens is 2. The van der Waals surface area contributed by atoms with Crippen LogP contribution in [0, 0.1) is 0 Å². The normalized spacial score (nSPS) is 12.4. The number of hydrogen-bond donors (Lipinski definition) is 1. The average molecular weight is 352 g/mol. The van der Waals surface area contributed by atoms with Crippen LogP contribution in [0.15, 0.2) is 35.1 Å². The van der Waals surface area contributed by atoms with Crippen molar-refractivity contribution in [3.05, 3.63) is 46.5 Å². The van der Waals surface area contributed by atoms with Crippen molar-refractivity contribution >= 4 is 15.9 Å². The van der Waals surface area contributed by atoms with Crippen LogP contribution in [0.25, 0.3) is 0 Å². The summed E-state index contributed by atoms with van der Waals surface area (Å²) >= 11 is 3.65. The van der Waals surface area contributed by atoms with E-state index in [0.29, 0.717) is 0 Å². The predicted molar refractivity (Wildman–Crippen MR) is 88.7 cm³/mol. The molecule has 0 aliphatic carbocycles. The first kappa shape index (κ1) is 16.0. The van der Waals surface area contributed by atoms with Gasteiger partial charge in [-0.1, -0.05) is 29.8 Å². The first-order chi connectivity index (χ1) is 10.2. The van der Waals surface area contributed by atoms with Gasteiger partial charge in [0.15, 0.2) is 0 Å². The van der Waals surface area contributed by atoms with Crippen molar-refractivity contribution in [3.8, 4) is 5.75 Å². The van der Waals surface area contributed by atoms with E-state index in [2.05, 4.69) is 50.7 Å². The number of hydrogen-bond acceptors (Lipinski definition) is 3. The van der Waals surface area contributed by atoms with Gasteiger partial charge in [0, 0.05) is 23.4 Å². The number of nitrogens with zero attached hydrogens (tertiary/aromatic N) is 2. The maximum Gasteiger partial charge on any atom is 0.130 e. The van der Waals surface area contributed by atoms with Crippen LogP contribution in [0.4, 0.5) is 0 Å². The molecule has 2 aromatic rings. The molecule has 0 spiro atoms. The molecule has 0 saturated carbocycles. The lowest BCUT2D eigenvalue weighted by Gasteiger charge is -2.21. The summed E-state index contributed by atoms with van der Waals surface area (Å²) in [6, 6.07) is 6.07. The van der Waals surface area contributed by atoms with Crippen LogP contribution in [0.2, 0.25) is 0 Å². The van der Waals surface area contributed by atoms with Crippen molar-refractivity contribution in [1.29, 1.82) is 0 Å². The summed E-state index contributed by atoms with van der Waals surface area (Å²) in [6.07, 6.45) is 4.99. The quantitative estimate of drug-likeness (QED) is 0.825. The van der Waals surface area contributed by atoms with E-state index in [9.17, 15) is 0 Å². The van der Waals surface area contributed by atoms with Crippen molar-refractivity contribution in [2.24, 2.45) is 0 Å². The number of imidazole rings is 1. The van der Waals surface area contributed by atoms with E-state index in [4.69, 9.17) is 4.74 Å². The molecule has 1 atom stereocenters. The lowest BCUT2D eigenvalue weighted by atomic mass is 10.1. The summed E-state index contributed by atoms with van der Waals surface area (Å²) in [5.74, 6) is 1.89. The van der Waals surface area contributed by atoms with Crippen LogP contribution < -0.4 is 10.1 Å². The first-order valence-electron chi connectivity index (χ1n) is 7.29. The maximum absolute atomic E-state index is 5.36. The van der Waals surface area contributed by atoms with Gasteiger partial charge in [-0.05, 0) is 36.7 Å². The Morgan fingerprint density at radius 3 is 2.86 bits per heavy atom. The SMILES string of the molecule is CCCn1ccnc1C(NCC)c1cc(OC)ccc1Br. The molecule has 114 valence electrons. The Morgan fingerprint density at radius 1 is 1.38 bits per heavy atom. The Balaban J connectivity index is 2.45. The van der Waals surface area contributed by atoms with E-state index in [1.807, 2.05) is 24.5 Å². The van der Waals surface area contributed by atoms with Gasteiger partial charge >= 0.3 is 0 Å². The molecule has 2 rings (SSSR count). The molecule has 0 amide bonds. The summed E-state index contributed by atoms with van der Waals surface area (Å²) in [5.41, 5.74) is 1.14. The van der Waals surface area contributed by atoms with Gasteiger partial charge in [0.2, 0.25) is 0 Å². The summed E-state index contributed by atoms with van der Waals surface area (Å²) < 4.78 is 8.62. The fourth-order valence-electron chi connectivity index (χ4n) is 2.43. The van der Waals surface area contributed by atoms with E-state index in [1.54, 1.807) is 7.11 Å². The zero-order chi connectivity index (χ0) is 15.2. The first-order valence-corrected chi connectivity index (χ1v) is 8.08. The van der Waals surface area contributed by atoms with Gasteiger partial charge in [-0.25, -0.2) is 4.98 Å². The van der Waals surface area contributed by atoms with Gasteiger partial charge in [-0.2, -0.15) is 0 Å². The molecule has 1 heterocycles. The molecule has 4 nitrogen and oxygen atoms in total. The molecular weight excluding hydrogens is 330 g/mol. The molecule has 1 aromatic heterocycles. The van der Waals surface area contributed by atoms with Crippen LogP contribution in [0.1, 0.15) is 37.7 Å². The number of ether oxygens (including phenoxy) is 1. The lowest BCUT2D eigenvalue weighted by molar-refractivity contribution is 0.413. The highest BCUT2D eigenvalue weighted by Crippen LogP contribution is 2.31. The number of rotatable bonds is 7. The van der Waals surface area contributed by atoms with E-state index < -0.39 is 0 Å². The summed E-state index contributed by atoms with van der Waals surface area (Å²) in [6.45, 7) is 6.12. The van der Waals surface area contributed by atoms with E-state index in [-0.39, 0.29) is 6.04 Å². The highest BCUT2D eigenvalue weighted by molar-refractivity contribution is 9.10. The lowest BCUT2D eigenvalue weighted by Crippen LogP contribution is -2.25. The Bertz CT molecular complexity index is 583. The molecular formula is C16H22BrN3O. The van der Waals surface area contributed by atoms with E-state index in [1.165, 1.54) is 0 Å². The third-order valence-electron chi connectivity index (χ3n) is 3.39. The minimum absolute atomic E-state index is 0.0426. The summed E-state index contributed by atoms with van der Waals surface area (Å²) in [7, 11) is 1.69. The van der Waals surface area contributed by atoms with Gasteiger partial charge in [-0.15, -0.1) is 0 Å². The van der Waals surface area contributed by atoms with Crippen molar-refractivity contribution in [2.45, 2.75) is 32.9 Å². The molecule has 0 aliphatic rings. The summed E-state index contributed by atoms with van der Waals surface area (Å²) in [4.78, 5) is 4.57. The number of benzene rings is 1. The molecule has 0 bridgehead atoms. The molecule has 1 aromatic carbocycles. The monoisotopic (exact) mass is 351 g/mol. The second-order valence-electron chi connectivity index (χ2n) is 4.86. The van der Waals surface area contributed by atoms with Gasteiger partial charge < -0.3 is 14.6 Å². The van der Waals surface area contributed by atoms with Gasteiger partial charge in [0.1, 0.15) is 11.6 Å². The number of nitrogens with one attached hydrogen (secondary N) is 1. The Morgan fingerprint density at radius 2 is 2.19 bits per heavy atom. The minimum Gasteiger partial charge on any atom is -0.497 e. The number of halogens is 1. The van der Waals surface area contributed by atoms with Crippen molar-refractivity contribution < 1.29 is 4.74 Å². The molecule has 0 fully saturated rings. The van der Waals surface area contributed by atoms with Crippen molar-refractivity contribution in [3.63, 3.8) is 0 Å². The zero-order valence-corrected chi connectivity index (χ0v) is 14.4. The van der Waals surface area contributed by atoms with Gasteiger partial charge in [0.05, 0.1) is 13.2 Å². The fraction of sp³-hybridized carbons (Fsp3) is 0.438. The Hall–Kier alpha value is -1.33. The molecule has 0 aliphatic heterocycles. The van der Waals surface area contributed by atoms with Crippen molar-refractivity contribution in [1.82, 2.24) is 14.9 Å². The molecule has 1 N–H and O–H groups in total. The zero-order valence-electron chi connectivity index (χ0n) is 12.8. The van der Waals surface area contributed by atoms with Crippen LogP contribution >= 0.6 is 15.9 Å². The molecule has 5 heteroatoms. The minimum atomic E-state index is 0.0426. The smallest absolute Gasteiger partial charge is 0.130 e. The van der Waals surface area contributed by atoms with Crippen LogP contribution in [-0.4, -0.2) is 23.2 Å². The number of aryl methyl sites for hydroxylation is 1. The third-order valence-corrected chi connectivity index (χ3v) is 4.11. The largest absolute Gasteiger partial charge is 0.497 e. The standard InChI is InChI=1S/C16H22BrN3O/c1-4-9-20-10-8-19-16(20)15(18-5-2)13-11-12(21-3)6-7-14(13)17/h6-8,10-11,15,18H,4-5,9H2,1-3H3. The molecule has 0 radical (unpaired) electrons. The van der Waals surface area contributed by atoms with Crippen molar-refractivity contribution in [2.75, 3.05) is 13.7 Å². The third kappa shape index (κ3) is 3.66. The second-order valence-corrected chi connectivity index (χ2v) is 5.71. The second kappa shape index (κ2) is 7.61. The Kier molecular flexibility index (Phi) is 5.82. The Labute approximate surface area is 134 Å². The summed E-state index contributed by atoms with van der Waals surface area (Å²) in [5, 5.41) is 3.52. The highest BCUT2D eigenvalue weighted by atomic mass is 79.9. The van der Waals surface area contributed by atoms with Crippen LogP contribution in [-0.2, 0) is 6.54 Å². The average Bonchev–Trinajstić information content (AvgIpc) is 2.94. The predicted octanol–water partition coefficient (Wildman–Crippen LogP) is 3.76. The molecule has 0 saturated heterocycles. The molecule has 1 unspecified atom stereocenters. The fourth-order valence-corrected chi connectivity index (χ4v) is 2.90. The topological polar surface area (TPSA) is 39.1 Å². The van der Waals surface area contributed by atoms with Crippen LogP contribution in [0.5, 0.6) is 5.75 Å².